The number of carbonyl (C=O) groups excluding carboxylic acids is 1. The van der Waals surface area contributed by atoms with Gasteiger partial charge in [-0.2, -0.15) is 0 Å². The van der Waals surface area contributed by atoms with Gasteiger partial charge >= 0.3 is 0 Å². The number of benzene rings is 1. The van der Waals surface area contributed by atoms with Gasteiger partial charge in [-0.25, -0.2) is 4.98 Å². The first kappa shape index (κ1) is 16.2. The highest BCUT2D eigenvalue weighted by Crippen LogP contribution is 2.21. The molecule has 0 aliphatic rings. The van der Waals surface area contributed by atoms with E-state index in [0.29, 0.717) is 13.1 Å². The van der Waals surface area contributed by atoms with Crippen molar-refractivity contribution >= 4 is 22.6 Å². The van der Waals surface area contributed by atoms with Gasteiger partial charge < -0.3 is 15.4 Å². The van der Waals surface area contributed by atoms with Gasteiger partial charge in [0.25, 0.3) is 0 Å². The fourth-order valence-electron chi connectivity index (χ4n) is 2.30. The molecule has 118 valence electrons. The Balaban J connectivity index is 1.99. The molecule has 2 aromatic rings. The van der Waals surface area contributed by atoms with Crippen LogP contribution in [0.2, 0.25) is 0 Å². The molecule has 0 unspecified atom stereocenters. The Morgan fingerprint density at radius 2 is 2.09 bits per heavy atom. The van der Waals surface area contributed by atoms with Gasteiger partial charge in [-0.3, -0.25) is 4.79 Å². The van der Waals surface area contributed by atoms with Gasteiger partial charge in [0.1, 0.15) is 12.4 Å². The molecule has 1 heterocycles. The molecule has 2 N–H and O–H groups in total. The van der Waals surface area contributed by atoms with Crippen molar-refractivity contribution in [1.82, 2.24) is 10.3 Å². The highest BCUT2D eigenvalue weighted by molar-refractivity contribution is 5.82. The van der Waals surface area contributed by atoms with Crippen molar-refractivity contribution in [3.8, 4) is 0 Å². The number of nitrogens with zero attached hydrogens (tertiary/aromatic N) is 1. The van der Waals surface area contributed by atoms with E-state index in [2.05, 4.69) is 46.8 Å². The van der Waals surface area contributed by atoms with Crippen molar-refractivity contribution in [2.24, 2.45) is 0 Å². The maximum Gasteiger partial charge on any atom is 0.246 e. The van der Waals surface area contributed by atoms with E-state index in [-0.39, 0.29) is 12.5 Å². The number of ether oxygens (including phenoxy) is 1. The Labute approximate surface area is 131 Å². The van der Waals surface area contributed by atoms with E-state index in [1.807, 2.05) is 6.92 Å². The first-order valence-corrected chi connectivity index (χ1v) is 7.53. The summed E-state index contributed by atoms with van der Waals surface area (Å²) in [6.45, 7) is 5.44. The first-order valence-electron chi connectivity index (χ1n) is 7.53. The van der Waals surface area contributed by atoms with Crippen molar-refractivity contribution in [2.45, 2.75) is 20.3 Å². The largest absolute Gasteiger partial charge is 0.375 e. The number of pyridine rings is 1. The van der Waals surface area contributed by atoms with Crippen LogP contribution < -0.4 is 10.6 Å². The van der Waals surface area contributed by atoms with Crippen LogP contribution in [0.4, 0.5) is 5.82 Å². The molecule has 0 aliphatic heterocycles. The normalized spacial score (nSPS) is 10.7. The van der Waals surface area contributed by atoms with Gasteiger partial charge in [0.05, 0.1) is 5.52 Å². The molecular formula is C17H23N3O2. The van der Waals surface area contributed by atoms with Crippen LogP contribution in [0.25, 0.3) is 10.9 Å². The summed E-state index contributed by atoms with van der Waals surface area (Å²) >= 11 is 0. The third-order valence-corrected chi connectivity index (χ3v) is 3.49. The third-order valence-electron chi connectivity index (χ3n) is 3.49. The van der Waals surface area contributed by atoms with E-state index in [0.717, 1.165) is 28.7 Å². The third kappa shape index (κ3) is 4.18. The van der Waals surface area contributed by atoms with Crippen LogP contribution in [0.15, 0.2) is 24.3 Å². The van der Waals surface area contributed by atoms with Crippen LogP contribution in [0.1, 0.15) is 18.1 Å². The predicted molar refractivity (Wildman–Crippen MR) is 89.2 cm³/mol. The highest BCUT2D eigenvalue weighted by atomic mass is 16.5. The number of aryl methyl sites for hydroxylation is 2. The molecule has 0 saturated carbocycles. The SMILES string of the molecule is CCc1ccc2nc(NCCNC(=O)COC)c(C)cc2c1. The van der Waals surface area contributed by atoms with E-state index >= 15 is 0 Å². The zero-order chi connectivity index (χ0) is 15.9. The first-order chi connectivity index (χ1) is 10.6. The lowest BCUT2D eigenvalue weighted by molar-refractivity contribution is -0.124. The summed E-state index contributed by atoms with van der Waals surface area (Å²) < 4.78 is 4.76. The molecule has 0 saturated heterocycles. The molecule has 1 aromatic carbocycles. The average molecular weight is 301 g/mol. The minimum Gasteiger partial charge on any atom is -0.375 e. The number of amides is 1. The quantitative estimate of drug-likeness (QED) is 0.770. The summed E-state index contributed by atoms with van der Waals surface area (Å²) in [6, 6.07) is 8.50. The van der Waals surface area contributed by atoms with E-state index < -0.39 is 0 Å². The Morgan fingerprint density at radius 1 is 1.27 bits per heavy atom. The molecule has 0 spiro atoms. The van der Waals surface area contributed by atoms with Crippen LogP contribution in [-0.4, -0.2) is 37.7 Å². The van der Waals surface area contributed by atoms with Gasteiger partial charge in [0.2, 0.25) is 5.91 Å². The number of hydrogen-bond donors (Lipinski definition) is 2. The lowest BCUT2D eigenvalue weighted by Crippen LogP contribution is -2.31. The number of hydrogen-bond acceptors (Lipinski definition) is 4. The van der Waals surface area contributed by atoms with Crippen LogP contribution in [0, 0.1) is 6.92 Å². The van der Waals surface area contributed by atoms with Crippen molar-refractivity contribution < 1.29 is 9.53 Å². The molecule has 22 heavy (non-hydrogen) atoms. The van der Waals surface area contributed by atoms with Crippen molar-refractivity contribution in [1.29, 1.82) is 0 Å². The molecular weight excluding hydrogens is 278 g/mol. The standard InChI is InChI=1S/C17H23N3O2/c1-4-13-5-6-15-14(10-13)9-12(2)17(20-15)19-8-7-18-16(21)11-22-3/h5-6,9-10H,4,7-8,11H2,1-3H3,(H,18,21)(H,19,20). The summed E-state index contributed by atoms with van der Waals surface area (Å²) in [5.41, 5.74) is 3.40. The molecule has 0 bridgehead atoms. The van der Waals surface area contributed by atoms with Gasteiger partial charge in [-0.15, -0.1) is 0 Å². The van der Waals surface area contributed by atoms with Crippen molar-refractivity contribution in [3.63, 3.8) is 0 Å². The highest BCUT2D eigenvalue weighted by Gasteiger charge is 2.04. The molecule has 1 amide bonds. The molecule has 5 nitrogen and oxygen atoms in total. The zero-order valence-electron chi connectivity index (χ0n) is 13.4. The fourth-order valence-corrected chi connectivity index (χ4v) is 2.30. The molecule has 1 aromatic heterocycles. The summed E-state index contributed by atoms with van der Waals surface area (Å²) in [5, 5.41) is 7.20. The summed E-state index contributed by atoms with van der Waals surface area (Å²) in [6.07, 6.45) is 1.02. The maximum absolute atomic E-state index is 11.3. The summed E-state index contributed by atoms with van der Waals surface area (Å²) in [5.74, 6) is 0.748. The van der Waals surface area contributed by atoms with Crippen LogP contribution in [-0.2, 0) is 16.0 Å². The topological polar surface area (TPSA) is 63.2 Å². The number of anilines is 1. The molecule has 0 fully saturated rings. The molecule has 0 radical (unpaired) electrons. The van der Waals surface area contributed by atoms with E-state index in [1.165, 1.54) is 12.7 Å². The second kappa shape index (κ2) is 7.75. The Kier molecular flexibility index (Phi) is 5.72. The van der Waals surface area contributed by atoms with Gasteiger partial charge in [-0.1, -0.05) is 13.0 Å². The number of carbonyl (C=O) groups is 1. The van der Waals surface area contributed by atoms with E-state index in [9.17, 15) is 4.79 Å². The molecule has 0 atom stereocenters. The minimum atomic E-state index is -0.111. The number of methoxy groups -OCH3 is 1. The molecule has 5 heteroatoms. The second-order valence-electron chi connectivity index (χ2n) is 5.24. The Hall–Kier alpha value is -2.14. The molecule has 2 rings (SSSR count). The Bertz CT molecular complexity index is 656. The van der Waals surface area contributed by atoms with Gasteiger partial charge in [0, 0.05) is 25.6 Å². The smallest absolute Gasteiger partial charge is 0.246 e. The zero-order valence-corrected chi connectivity index (χ0v) is 13.4. The van der Waals surface area contributed by atoms with Crippen LogP contribution in [0.3, 0.4) is 0 Å². The average Bonchev–Trinajstić information content (AvgIpc) is 2.51. The van der Waals surface area contributed by atoms with E-state index in [1.54, 1.807) is 0 Å². The number of rotatable bonds is 7. The van der Waals surface area contributed by atoms with Crippen LogP contribution in [0.5, 0.6) is 0 Å². The van der Waals surface area contributed by atoms with Gasteiger partial charge in [0.15, 0.2) is 0 Å². The van der Waals surface area contributed by atoms with Gasteiger partial charge in [-0.05, 0) is 42.7 Å². The van der Waals surface area contributed by atoms with Crippen molar-refractivity contribution in [3.05, 3.63) is 35.4 Å². The second-order valence-corrected chi connectivity index (χ2v) is 5.24. The maximum atomic E-state index is 11.3. The lowest BCUT2D eigenvalue weighted by Gasteiger charge is -2.11. The monoisotopic (exact) mass is 301 g/mol. The van der Waals surface area contributed by atoms with E-state index in [4.69, 9.17) is 4.74 Å². The predicted octanol–water partition coefficient (Wildman–Crippen LogP) is 2.28. The van der Waals surface area contributed by atoms with Crippen molar-refractivity contribution in [2.75, 3.05) is 32.1 Å². The lowest BCUT2D eigenvalue weighted by atomic mass is 10.1. The Morgan fingerprint density at radius 3 is 2.82 bits per heavy atom. The number of aromatic nitrogens is 1. The number of nitrogens with one attached hydrogen (secondary N) is 2. The summed E-state index contributed by atoms with van der Waals surface area (Å²) in [7, 11) is 1.50. The van der Waals surface area contributed by atoms with Crippen LogP contribution >= 0.6 is 0 Å². The molecule has 0 aliphatic carbocycles. The minimum absolute atomic E-state index is 0.0903. The summed E-state index contributed by atoms with van der Waals surface area (Å²) in [4.78, 5) is 15.9. The number of fused-ring (bicyclic) bond motifs is 1. The fraction of sp³-hybridized carbons (Fsp3) is 0.412.